The first-order chi connectivity index (χ1) is 9.74. The summed E-state index contributed by atoms with van der Waals surface area (Å²) in [5.41, 5.74) is 1.46. The van der Waals surface area contributed by atoms with Crippen molar-refractivity contribution in [2.75, 3.05) is 0 Å². The summed E-state index contributed by atoms with van der Waals surface area (Å²) < 4.78 is 20.1. The zero-order chi connectivity index (χ0) is 13.9. The third-order valence-electron chi connectivity index (χ3n) is 2.70. The molecule has 0 spiro atoms. The Bertz CT molecular complexity index is 707. The van der Waals surface area contributed by atoms with E-state index < -0.39 is 0 Å². The highest BCUT2D eigenvalue weighted by atomic mass is 35.5. The molecule has 7 heteroatoms. The Kier molecular flexibility index (Phi) is 3.47. The Morgan fingerprint density at radius 3 is 2.75 bits per heavy atom. The van der Waals surface area contributed by atoms with Crippen LogP contribution in [0, 0.1) is 5.82 Å². The van der Waals surface area contributed by atoms with Gasteiger partial charge in [0.2, 0.25) is 5.89 Å². The molecule has 1 aromatic carbocycles. The van der Waals surface area contributed by atoms with E-state index in [2.05, 4.69) is 15.3 Å². The molecule has 2 aromatic heterocycles. The monoisotopic (exact) mass is 292 g/mol. The van der Waals surface area contributed by atoms with Crippen molar-refractivity contribution in [2.24, 2.45) is 0 Å². The molecule has 0 radical (unpaired) electrons. The van der Waals surface area contributed by atoms with Crippen LogP contribution in [0.2, 0.25) is 0 Å². The van der Waals surface area contributed by atoms with Crippen LogP contribution in [-0.2, 0) is 12.4 Å². The Labute approximate surface area is 119 Å². The average Bonchev–Trinajstić information content (AvgIpc) is 3.09. The third-order valence-corrected chi connectivity index (χ3v) is 2.98. The van der Waals surface area contributed by atoms with Crippen molar-refractivity contribution in [3.05, 3.63) is 54.1 Å². The fourth-order valence-electron chi connectivity index (χ4n) is 1.75. The molecule has 0 aliphatic carbocycles. The Hall–Kier alpha value is -2.21. The van der Waals surface area contributed by atoms with Gasteiger partial charge in [-0.25, -0.2) is 14.1 Å². The van der Waals surface area contributed by atoms with Crippen molar-refractivity contribution in [3.8, 4) is 11.3 Å². The Balaban J connectivity index is 1.78. The molecule has 0 fully saturated rings. The normalized spacial score (nSPS) is 10.9. The molecule has 0 N–H and O–H groups in total. The van der Waals surface area contributed by atoms with Crippen LogP contribution < -0.4 is 0 Å². The molecule has 0 saturated heterocycles. The van der Waals surface area contributed by atoms with Gasteiger partial charge in [-0.2, -0.15) is 0 Å². The fourth-order valence-corrected chi connectivity index (χ4v) is 1.87. The highest BCUT2D eigenvalue weighted by Gasteiger charge is 2.08. The largest absolute Gasteiger partial charge is 0.439 e. The topological polar surface area (TPSA) is 56.7 Å². The van der Waals surface area contributed by atoms with E-state index in [4.69, 9.17) is 16.0 Å². The lowest BCUT2D eigenvalue weighted by atomic mass is 10.2. The van der Waals surface area contributed by atoms with E-state index in [1.807, 2.05) is 0 Å². The summed E-state index contributed by atoms with van der Waals surface area (Å²) in [7, 11) is 0. The Morgan fingerprint density at radius 2 is 2.05 bits per heavy atom. The Morgan fingerprint density at radius 1 is 1.25 bits per heavy atom. The average molecular weight is 293 g/mol. The van der Waals surface area contributed by atoms with E-state index in [-0.39, 0.29) is 5.82 Å². The lowest BCUT2D eigenvalue weighted by Gasteiger charge is -1.96. The van der Waals surface area contributed by atoms with E-state index in [0.29, 0.717) is 29.8 Å². The predicted octanol–water partition coefficient (Wildman–Crippen LogP) is 2.86. The number of nitrogens with zero attached hydrogens (tertiary/aromatic N) is 4. The van der Waals surface area contributed by atoms with E-state index in [1.165, 1.54) is 12.1 Å². The van der Waals surface area contributed by atoms with Crippen LogP contribution in [0.25, 0.3) is 11.3 Å². The van der Waals surface area contributed by atoms with Crippen molar-refractivity contribution in [1.29, 1.82) is 0 Å². The van der Waals surface area contributed by atoms with Gasteiger partial charge in [0.15, 0.2) is 5.76 Å². The first-order valence-corrected chi connectivity index (χ1v) is 6.43. The van der Waals surface area contributed by atoms with Crippen molar-refractivity contribution in [3.63, 3.8) is 0 Å². The van der Waals surface area contributed by atoms with Gasteiger partial charge >= 0.3 is 0 Å². The first-order valence-electron chi connectivity index (χ1n) is 5.90. The van der Waals surface area contributed by atoms with Crippen molar-refractivity contribution in [2.45, 2.75) is 12.4 Å². The van der Waals surface area contributed by atoms with Crippen LogP contribution in [0.5, 0.6) is 0 Å². The summed E-state index contributed by atoms with van der Waals surface area (Å²) >= 11 is 5.65. The number of benzene rings is 1. The smallest absolute Gasteiger partial charge is 0.216 e. The predicted molar refractivity (Wildman–Crippen MR) is 70.6 cm³/mol. The molecule has 0 aliphatic rings. The minimum Gasteiger partial charge on any atom is -0.439 e. The summed E-state index contributed by atoms with van der Waals surface area (Å²) in [6.07, 6.45) is 3.33. The number of hydrogen-bond acceptors (Lipinski definition) is 4. The van der Waals surface area contributed by atoms with E-state index in [1.54, 1.807) is 29.2 Å². The molecule has 102 valence electrons. The van der Waals surface area contributed by atoms with Crippen LogP contribution in [0.3, 0.4) is 0 Å². The molecule has 20 heavy (non-hydrogen) atoms. The molecule has 2 heterocycles. The molecular formula is C13H10ClFN4O. The van der Waals surface area contributed by atoms with Crippen LogP contribution in [0.4, 0.5) is 4.39 Å². The van der Waals surface area contributed by atoms with Crippen molar-refractivity contribution < 1.29 is 8.81 Å². The SMILES string of the molecule is Fc1ccc(-c2cnc(Cn3cc(CCl)nn3)o2)cc1. The zero-order valence-corrected chi connectivity index (χ0v) is 11.1. The lowest BCUT2D eigenvalue weighted by Crippen LogP contribution is -2.00. The maximum Gasteiger partial charge on any atom is 0.216 e. The summed E-state index contributed by atoms with van der Waals surface area (Å²) in [4.78, 5) is 4.16. The second kappa shape index (κ2) is 5.42. The minimum absolute atomic E-state index is 0.287. The third kappa shape index (κ3) is 2.70. The molecular weight excluding hydrogens is 283 g/mol. The summed E-state index contributed by atoms with van der Waals surface area (Å²) in [5.74, 6) is 1.10. The van der Waals surface area contributed by atoms with Gasteiger partial charge in [0.25, 0.3) is 0 Å². The number of hydrogen-bond donors (Lipinski definition) is 0. The van der Waals surface area contributed by atoms with Gasteiger partial charge in [-0.3, -0.25) is 0 Å². The van der Waals surface area contributed by atoms with Crippen LogP contribution in [0.1, 0.15) is 11.6 Å². The molecule has 5 nitrogen and oxygen atoms in total. The molecule has 0 atom stereocenters. The lowest BCUT2D eigenvalue weighted by molar-refractivity contribution is 0.469. The molecule has 3 rings (SSSR count). The van der Waals surface area contributed by atoms with Crippen LogP contribution >= 0.6 is 11.6 Å². The maximum atomic E-state index is 12.9. The maximum absolute atomic E-state index is 12.9. The van der Waals surface area contributed by atoms with E-state index >= 15 is 0 Å². The van der Waals surface area contributed by atoms with Gasteiger partial charge in [0.05, 0.1) is 24.0 Å². The van der Waals surface area contributed by atoms with Gasteiger partial charge in [0.1, 0.15) is 12.4 Å². The van der Waals surface area contributed by atoms with Gasteiger partial charge in [-0.1, -0.05) is 5.21 Å². The van der Waals surface area contributed by atoms with E-state index in [9.17, 15) is 4.39 Å². The zero-order valence-electron chi connectivity index (χ0n) is 10.3. The van der Waals surface area contributed by atoms with Gasteiger partial charge < -0.3 is 4.42 Å². The van der Waals surface area contributed by atoms with Crippen molar-refractivity contribution >= 4 is 11.6 Å². The number of oxazole rings is 1. The number of aromatic nitrogens is 4. The molecule has 0 saturated carbocycles. The van der Waals surface area contributed by atoms with Gasteiger partial charge in [-0.15, -0.1) is 16.7 Å². The summed E-state index contributed by atoms with van der Waals surface area (Å²) in [6.45, 7) is 0.366. The molecule has 0 amide bonds. The minimum atomic E-state index is -0.287. The second-order valence-corrected chi connectivity index (χ2v) is 4.43. The first kappa shape index (κ1) is 12.8. The molecule has 0 bridgehead atoms. The summed E-state index contributed by atoms with van der Waals surface area (Å²) in [6, 6.07) is 6.03. The number of rotatable bonds is 4. The number of alkyl halides is 1. The number of halogens is 2. The highest BCUT2D eigenvalue weighted by molar-refractivity contribution is 6.16. The van der Waals surface area contributed by atoms with Crippen LogP contribution in [-0.4, -0.2) is 20.0 Å². The summed E-state index contributed by atoms with van der Waals surface area (Å²) in [5, 5.41) is 7.78. The second-order valence-electron chi connectivity index (χ2n) is 4.17. The fraction of sp³-hybridized carbons (Fsp3) is 0.154. The van der Waals surface area contributed by atoms with E-state index in [0.717, 1.165) is 5.56 Å². The van der Waals surface area contributed by atoms with Crippen LogP contribution in [0.15, 0.2) is 41.1 Å². The van der Waals surface area contributed by atoms with Gasteiger partial charge in [0, 0.05) is 5.56 Å². The molecule has 0 aliphatic heterocycles. The quantitative estimate of drug-likeness (QED) is 0.694. The van der Waals surface area contributed by atoms with Crippen molar-refractivity contribution in [1.82, 2.24) is 20.0 Å². The molecule has 0 unspecified atom stereocenters. The standard InChI is InChI=1S/C13H10ClFN4O/c14-5-11-7-19(18-17-11)8-13-16-6-12(20-13)9-1-3-10(15)4-2-9/h1-4,6-7H,5,8H2. The van der Waals surface area contributed by atoms with Gasteiger partial charge in [-0.05, 0) is 24.3 Å². The highest BCUT2D eigenvalue weighted by Crippen LogP contribution is 2.20. The molecule has 3 aromatic rings.